The molecule has 174 valence electrons. The highest BCUT2D eigenvalue weighted by Crippen LogP contribution is 2.22. The smallest absolute Gasteiger partial charge is 0.343 e. The van der Waals surface area contributed by atoms with Crippen LogP contribution in [0, 0.1) is 0 Å². The first kappa shape index (κ1) is 23.2. The summed E-state index contributed by atoms with van der Waals surface area (Å²) in [5.74, 6) is -1.25. The Balaban J connectivity index is 1.30. The first-order valence-electron chi connectivity index (χ1n) is 10.6. The van der Waals surface area contributed by atoms with Crippen LogP contribution >= 0.6 is 0 Å². The molecule has 8 nitrogen and oxygen atoms in total. The van der Waals surface area contributed by atoms with Crippen LogP contribution in [0.2, 0.25) is 0 Å². The van der Waals surface area contributed by atoms with E-state index in [0.717, 1.165) is 10.8 Å². The van der Waals surface area contributed by atoms with Crippen molar-refractivity contribution in [2.75, 3.05) is 12.4 Å². The van der Waals surface area contributed by atoms with Crippen LogP contribution in [0.15, 0.2) is 96.1 Å². The van der Waals surface area contributed by atoms with Crippen molar-refractivity contribution in [1.29, 1.82) is 0 Å². The zero-order valence-electron chi connectivity index (χ0n) is 18.7. The number of anilines is 1. The molecule has 0 unspecified atom stereocenters. The molecule has 2 N–H and O–H groups in total. The van der Waals surface area contributed by atoms with Gasteiger partial charge in [0.05, 0.1) is 18.9 Å². The molecule has 0 bridgehead atoms. The van der Waals surface area contributed by atoms with E-state index in [9.17, 15) is 14.4 Å². The summed E-state index contributed by atoms with van der Waals surface area (Å²) in [4.78, 5) is 36.6. The summed E-state index contributed by atoms with van der Waals surface area (Å²) in [6.07, 6.45) is 1.37. The fraction of sp³-hybridized carbons (Fsp3) is 0.0370. The molecule has 4 aromatic rings. The van der Waals surface area contributed by atoms with Crippen molar-refractivity contribution in [1.82, 2.24) is 5.43 Å². The molecular formula is C27H21N3O5. The Morgan fingerprint density at radius 1 is 0.771 bits per heavy atom. The van der Waals surface area contributed by atoms with Crippen LogP contribution in [0.1, 0.15) is 15.9 Å². The molecule has 4 aromatic carbocycles. The fourth-order valence-electron chi connectivity index (χ4n) is 3.24. The number of nitrogens with one attached hydrogen (secondary N) is 2. The van der Waals surface area contributed by atoms with Gasteiger partial charge in [-0.1, -0.05) is 36.4 Å². The Hall–Kier alpha value is -4.98. The molecule has 0 heterocycles. The summed E-state index contributed by atoms with van der Waals surface area (Å²) in [6, 6.07) is 26.0. The molecule has 8 heteroatoms. The van der Waals surface area contributed by atoms with E-state index in [1.165, 1.54) is 6.21 Å². The Labute approximate surface area is 201 Å². The molecule has 0 atom stereocenters. The first-order valence-corrected chi connectivity index (χ1v) is 10.6. The quantitative estimate of drug-likeness (QED) is 0.146. The number of amides is 2. The van der Waals surface area contributed by atoms with Crippen LogP contribution in [0.25, 0.3) is 10.8 Å². The number of carbonyl (C=O) groups is 3. The van der Waals surface area contributed by atoms with Gasteiger partial charge in [-0.3, -0.25) is 9.59 Å². The van der Waals surface area contributed by atoms with Gasteiger partial charge in [-0.05, 0) is 65.5 Å². The first-order chi connectivity index (χ1) is 17.0. The van der Waals surface area contributed by atoms with Crippen LogP contribution in [-0.2, 0) is 9.59 Å². The molecule has 4 rings (SSSR count). The third-order valence-corrected chi connectivity index (χ3v) is 5.04. The maximum atomic E-state index is 12.2. The van der Waals surface area contributed by atoms with Gasteiger partial charge in [-0.15, -0.1) is 0 Å². The Bertz CT molecular complexity index is 1390. The molecule has 2 amide bonds. The Morgan fingerprint density at radius 2 is 1.46 bits per heavy atom. The number of esters is 1. The van der Waals surface area contributed by atoms with E-state index >= 15 is 0 Å². The van der Waals surface area contributed by atoms with Crippen LogP contribution < -0.4 is 20.2 Å². The predicted octanol–water partition coefficient (Wildman–Crippen LogP) is 4.16. The highest BCUT2D eigenvalue weighted by Gasteiger charge is 2.14. The molecule has 0 aromatic heterocycles. The number of hydrogen-bond donors (Lipinski definition) is 2. The Morgan fingerprint density at radius 3 is 2.20 bits per heavy atom. The number of ether oxygens (including phenoxy) is 2. The number of rotatable bonds is 6. The second-order valence-corrected chi connectivity index (χ2v) is 7.37. The summed E-state index contributed by atoms with van der Waals surface area (Å²) in [5, 5.41) is 8.19. The van der Waals surface area contributed by atoms with Crippen molar-refractivity contribution in [3.8, 4) is 11.5 Å². The van der Waals surface area contributed by atoms with Gasteiger partial charge in [0, 0.05) is 11.1 Å². The van der Waals surface area contributed by atoms with Gasteiger partial charge < -0.3 is 14.8 Å². The highest BCUT2D eigenvalue weighted by atomic mass is 16.5. The van der Waals surface area contributed by atoms with E-state index in [1.807, 2.05) is 30.3 Å². The second kappa shape index (κ2) is 10.8. The van der Waals surface area contributed by atoms with Gasteiger partial charge >= 0.3 is 17.8 Å². The van der Waals surface area contributed by atoms with Crippen molar-refractivity contribution in [2.45, 2.75) is 0 Å². The van der Waals surface area contributed by atoms with Gasteiger partial charge in [-0.25, -0.2) is 10.2 Å². The number of hydrogen-bond acceptors (Lipinski definition) is 6. The largest absolute Gasteiger partial charge is 0.497 e. The SMILES string of the molecule is COc1ccc(C(=O)Oc2ccc(/C=N\NC(=O)C(=O)Nc3cccc4ccccc34)cc2)cc1. The van der Waals surface area contributed by atoms with E-state index < -0.39 is 17.8 Å². The fourth-order valence-corrected chi connectivity index (χ4v) is 3.24. The van der Waals surface area contributed by atoms with Gasteiger partial charge in [0.2, 0.25) is 0 Å². The monoisotopic (exact) mass is 467 g/mol. The molecule has 0 saturated carbocycles. The lowest BCUT2D eigenvalue weighted by atomic mass is 10.1. The molecule has 0 aliphatic rings. The molecule has 0 fully saturated rings. The summed E-state index contributed by atoms with van der Waals surface area (Å²) in [6.45, 7) is 0. The number of hydrazone groups is 1. The van der Waals surface area contributed by atoms with Crippen molar-refractivity contribution in [2.24, 2.45) is 5.10 Å². The number of benzene rings is 4. The van der Waals surface area contributed by atoms with Crippen molar-refractivity contribution in [3.63, 3.8) is 0 Å². The van der Waals surface area contributed by atoms with E-state index in [1.54, 1.807) is 67.8 Å². The highest BCUT2D eigenvalue weighted by molar-refractivity contribution is 6.40. The van der Waals surface area contributed by atoms with E-state index in [2.05, 4.69) is 15.8 Å². The van der Waals surface area contributed by atoms with Crippen molar-refractivity contribution >= 4 is 40.5 Å². The standard InChI is InChI=1S/C27H21N3O5/c1-34-21-15-11-20(12-16-21)27(33)35-22-13-9-18(10-14-22)17-28-30-26(32)25(31)29-24-8-4-6-19-5-2-3-7-23(19)24/h2-17H,1H3,(H,29,31)(H,30,32)/b28-17-. The van der Waals surface area contributed by atoms with Crippen LogP contribution in [0.5, 0.6) is 11.5 Å². The zero-order valence-corrected chi connectivity index (χ0v) is 18.7. The minimum absolute atomic E-state index is 0.349. The van der Waals surface area contributed by atoms with E-state index in [0.29, 0.717) is 28.3 Å². The topological polar surface area (TPSA) is 106 Å². The van der Waals surface area contributed by atoms with Crippen LogP contribution in [0.4, 0.5) is 5.69 Å². The van der Waals surface area contributed by atoms with Gasteiger partial charge in [0.1, 0.15) is 11.5 Å². The average molecular weight is 467 g/mol. The molecule has 0 aliphatic heterocycles. The average Bonchev–Trinajstić information content (AvgIpc) is 2.90. The Kier molecular flexibility index (Phi) is 7.13. The molecule has 0 saturated heterocycles. The third-order valence-electron chi connectivity index (χ3n) is 5.04. The van der Waals surface area contributed by atoms with Gasteiger partial charge in [0.15, 0.2) is 0 Å². The summed E-state index contributed by atoms with van der Waals surface area (Å²) >= 11 is 0. The molecule has 0 spiro atoms. The minimum Gasteiger partial charge on any atom is -0.497 e. The molecule has 35 heavy (non-hydrogen) atoms. The van der Waals surface area contributed by atoms with Gasteiger partial charge in [0.25, 0.3) is 0 Å². The number of nitrogens with zero attached hydrogens (tertiary/aromatic N) is 1. The van der Waals surface area contributed by atoms with Crippen LogP contribution in [-0.4, -0.2) is 31.1 Å². The normalized spacial score (nSPS) is 10.7. The minimum atomic E-state index is -0.903. The summed E-state index contributed by atoms with van der Waals surface area (Å²) in [7, 11) is 1.55. The lowest BCUT2D eigenvalue weighted by Crippen LogP contribution is -2.32. The maximum absolute atomic E-state index is 12.2. The molecule has 0 radical (unpaired) electrons. The van der Waals surface area contributed by atoms with Crippen molar-refractivity contribution < 1.29 is 23.9 Å². The summed E-state index contributed by atoms with van der Waals surface area (Å²) < 4.78 is 10.4. The lowest BCUT2D eigenvalue weighted by Gasteiger charge is -2.07. The molecular weight excluding hydrogens is 446 g/mol. The predicted molar refractivity (Wildman–Crippen MR) is 133 cm³/mol. The van der Waals surface area contributed by atoms with Gasteiger partial charge in [-0.2, -0.15) is 5.10 Å². The van der Waals surface area contributed by atoms with E-state index in [4.69, 9.17) is 9.47 Å². The molecule has 0 aliphatic carbocycles. The second-order valence-electron chi connectivity index (χ2n) is 7.37. The summed E-state index contributed by atoms with van der Waals surface area (Å²) in [5.41, 5.74) is 3.75. The van der Waals surface area contributed by atoms with E-state index in [-0.39, 0.29) is 0 Å². The van der Waals surface area contributed by atoms with Crippen LogP contribution in [0.3, 0.4) is 0 Å². The maximum Gasteiger partial charge on any atom is 0.343 e. The number of methoxy groups -OCH3 is 1. The third kappa shape index (κ3) is 5.88. The number of carbonyl (C=O) groups excluding carboxylic acids is 3. The zero-order chi connectivity index (χ0) is 24.6. The number of fused-ring (bicyclic) bond motifs is 1. The lowest BCUT2D eigenvalue weighted by molar-refractivity contribution is -0.136. The van der Waals surface area contributed by atoms with Crippen molar-refractivity contribution in [3.05, 3.63) is 102 Å².